The maximum Gasteiger partial charge on any atom is 0.266 e. The van der Waals surface area contributed by atoms with Crippen LogP contribution in [-0.4, -0.2) is 25.5 Å². The van der Waals surface area contributed by atoms with Crippen LogP contribution in [0.4, 0.5) is 11.4 Å². The number of para-hydroxylation sites is 1. The number of benzene rings is 3. The Bertz CT molecular complexity index is 1330. The molecule has 7 nitrogen and oxygen atoms in total. The molecule has 0 bridgehead atoms. The third-order valence-electron chi connectivity index (χ3n) is 5.14. The molecule has 0 aromatic heterocycles. The van der Waals surface area contributed by atoms with Crippen molar-refractivity contribution in [3.8, 4) is 17.6 Å². The Balaban J connectivity index is 1.68. The van der Waals surface area contributed by atoms with Crippen molar-refractivity contribution in [2.45, 2.75) is 13.8 Å². The number of carbonyl (C=O) groups is 2. The topological polar surface area (TPSA) is 100 Å². The van der Waals surface area contributed by atoms with Gasteiger partial charge in [0.15, 0.2) is 18.1 Å². The molecular weight excluding hydrogens is 466 g/mol. The lowest BCUT2D eigenvalue weighted by molar-refractivity contribution is -0.118. The summed E-state index contributed by atoms with van der Waals surface area (Å²) in [6, 6.07) is 19.2. The van der Waals surface area contributed by atoms with E-state index in [4.69, 9.17) is 21.1 Å². The monoisotopic (exact) mass is 489 g/mol. The molecule has 0 heterocycles. The van der Waals surface area contributed by atoms with Gasteiger partial charge in [0.2, 0.25) is 0 Å². The molecule has 35 heavy (non-hydrogen) atoms. The lowest BCUT2D eigenvalue weighted by atomic mass is 10.1. The van der Waals surface area contributed by atoms with Gasteiger partial charge in [-0.05, 0) is 73.0 Å². The fourth-order valence-corrected chi connectivity index (χ4v) is 3.30. The predicted molar refractivity (Wildman–Crippen MR) is 137 cm³/mol. The van der Waals surface area contributed by atoms with E-state index < -0.39 is 5.91 Å². The summed E-state index contributed by atoms with van der Waals surface area (Å²) in [6.45, 7) is 3.75. The van der Waals surface area contributed by atoms with Crippen LogP contribution < -0.4 is 20.1 Å². The Morgan fingerprint density at radius 1 is 1.00 bits per heavy atom. The molecule has 0 aliphatic carbocycles. The van der Waals surface area contributed by atoms with Crippen molar-refractivity contribution in [3.05, 3.63) is 87.9 Å². The van der Waals surface area contributed by atoms with Crippen molar-refractivity contribution in [1.29, 1.82) is 5.26 Å². The maximum absolute atomic E-state index is 12.5. The summed E-state index contributed by atoms with van der Waals surface area (Å²) in [7, 11) is 1.46. The van der Waals surface area contributed by atoms with Crippen LogP contribution in [0.3, 0.4) is 0 Å². The van der Waals surface area contributed by atoms with Crippen LogP contribution in [0.15, 0.2) is 66.2 Å². The Hall–Kier alpha value is -4.28. The van der Waals surface area contributed by atoms with Crippen LogP contribution in [-0.2, 0) is 9.59 Å². The van der Waals surface area contributed by atoms with E-state index in [2.05, 4.69) is 10.6 Å². The molecule has 0 saturated carbocycles. The average Bonchev–Trinajstić information content (AvgIpc) is 2.85. The third-order valence-corrected chi connectivity index (χ3v) is 5.46. The third kappa shape index (κ3) is 6.85. The lowest BCUT2D eigenvalue weighted by Gasteiger charge is -2.12. The van der Waals surface area contributed by atoms with E-state index in [-0.39, 0.29) is 18.1 Å². The molecule has 0 fully saturated rings. The molecular formula is C27H24ClN3O4. The van der Waals surface area contributed by atoms with E-state index in [0.717, 1.165) is 11.1 Å². The maximum atomic E-state index is 12.5. The first-order valence-electron chi connectivity index (χ1n) is 10.7. The van der Waals surface area contributed by atoms with Crippen molar-refractivity contribution in [1.82, 2.24) is 0 Å². The summed E-state index contributed by atoms with van der Waals surface area (Å²) < 4.78 is 11.0. The number of hydrogen-bond acceptors (Lipinski definition) is 5. The number of aryl methyl sites for hydroxylation is 2. The van der Waals surface area contributed by atoms with Crippen LogP contribution >= 0.6 is 11.6 Å². The van der Waals surface area contributed by atoms with E-state index in [1.54, 1.807) is 42.5 Å². The Morgan fingerprint density at radius 3 is 2.46 bits per heavy atom. The Labute approximate surface area is 208 Å². The quantitative estimate of drug-likeness (QED) is 0.320. The van der Waals surface area contributed by atoms with Gasteiger partial charge in [-0.1, -0.05) is 35.9 Å². The van der Waals surface area contributed by atoms with Crippen LogP contribution in [0, 0.1) is 25.2 Å². The van der Waals surface area contributed by atoms with Gasteiger partial charge in [-0.2, -0.15) is 5.26 Å². The Kier molecular flexibility index (Phi) is 8.49. The number of anilines is 2. The summed E-state index contributed by atoms with van der Waals surface area (Å²) in [6.07, 6.45) is 1.42. The highest BCUT2D eigenvalue weighted by atomic mass is 35.5. The highest BCUT2D eigenvalue weighted by Gasteiger charge is 2.13. The molecule has 0 atom stereocenters. The number of nitrogens with one attached hydrogen (secondary N) is 2. The second-order valence-corrected chi connectivity index (χ2v) is 8.06. The van der Waals surface area contributed by atoms with Crippen molar-refractivity contribution >= 4 is 40.9 Å². The molecule has 0 radical (unpaired) electrons. The minimum Gasteiger partial charge on any atom is -0.493 e. The molecule has 2 amide bonds. The molecule has 0 spiro atoms. The largest absolute Gasteiger partial charge is 0.493 e. The van der Waals surface area contributed by atoms with Crippen molar-refractivity contribution in [2.24, 2.45) is 0 Å². The van der Waals surface area contributed by atoms with Gasteiger partial charge in [-0.15, -0.1) is 0 Å². The number of amides is 2. The summed E-state index contributed by atoms with van der Waals surface area (Å²) in [5, 5.41) is 15.2. The first-order valence-corrected chi connectivity index (χ1v) is 11.0. The van der Waals surface area contributed by atoms with Gasteiger partial charge in [0.05, 0.1) is 17.8 Å². The molecule has 2 N–H and O–H groups in total. The predicted octanol–water partition coefficient (Wildman–Crippen LogP) is 5.53. The first kappa shape index (κ1) is 25.3. The van der Waals surface area contributed by atoms with Gasteiger partial charge >= 0.3 is 0 Å². The Morgan fingerprint density at radius 2 is 1.77 bits per heavy atom. The molecule has 0 aliphatic heterocycles. The molecule has 0 saturated heterocycles. The molecule has 3 aromatic rings. The molecule has 178 valence electrons. The second kappa shape index (κ2) is 11.7. The van der Waals surface area contributed by atoms with Gasteiger partial charge in [0.1, 0.15) is 11.6 Å². The standard InChI is InChI=1S/C27H24ClN3O4/c1-17-8-10-21(12-18(17)2)30-26(32)16-35-24-11-9-19(14-25(24)34-3)13-20(15-29)27(33)31-23-7-5-4-6-22(23)28/h4-14H,16H2,1-3H3,(H,30,32)(H,31,33)/b20-13+. The van der Waals surface area contributed by atoms with Crippen molar-refractivity contribution < 1.29 is 19.1 Å². The number of rotatable bonds is 8. The van der Waals surface area contributed by atoms with Crippen LogP contribution in [0.5, 0.6) is 11.5 Å². The van der Waals surface area contributed by atoms with Gasteiger partial charge in [-0.3, -0.25) is 9.59 Å². The highest BCUT2D eigenvalue weighted by Crippen LogP contribution is 2.29. The van der Waals surface area contributed by atoms with E-state index >= 15 is 0 Å². The van der Waals surface area contributed by atoms with Crippen LogP contribution in [0.1, 0.15) is 16.7 Å². The minimum atomic E-state index is -0.595. The SMILES string of the molecule is COc1cc(/C=C(\C#N)C(=O)Nc2ccccc2Cl)ccc1OCC(=O)Nc1ccc(C)c(C)c1. The van der Waals surface area contributed by atoms with Crippen LogP contribution in [0.2, 0.25) is 5.02 Å². The average molecular weight is 490 g/mol. The van der Waals surface area contributed by atoms with Crippen molar-refractivity contribution in [3.63, 3.8) is 0 Å². The number of nitrogens with zero attached hydrogens (tertiary/aromatic N) is 1. The van der Waals surface area contributed by atoms with E-state index in [9.17, 15) is 14.9 Å². The first-order chi connectivity index (χ1) is 16.8. The lowest BCUT2D eigenvalue weighted by Crippen LogP contribution is -2.20. The number of halogens is 1. The van der Waals surface area contributed by atoms with E-state index in [0.29, 0.717) is 33.5 Å². The second-order valence-electron chi connectivity index (χ2n) is 7.65. The number of carbonyl (C=O) groups excluding carboxylic acids is 2. The molecule has 3 aromatic carbocycles. The fraction of sp³-hybridized carbons (Fsp3) is 0.148. The number of nitriles is 1. The van der Waals surface area contributed by atoms with E-state index in [1.807, 2.05) is 38.1 Å². The molecule has 0 unspecified atom stereocenters. The zero-order valence-corrected chi connectivity index (χ0v) is 20.3. The number of methoxy groups -OCH3 is 1. The highest BCUT2D eigenvalue weighted by molar-refractivity contribution is 6.34. The summed E-state index contributed by atoms with van der Waals surface area (Å²) in [4.78, 5) is 24.8. The number of hydrogen-bond donors (Lipinski definition) is 2. The zero-order valence-electron chi connectivity index (χ0n) is 19.5. The summed E-state index contributed by atoms with van der Waals surface area (Å²) in [5.74, 6) is -0.217. The molecule has 3 rings (SSSR count). The summed E-state index contributed by atoms with van der Waals surface area (Å²) in [5.41, 5.74) is 3.73. The smallest absolute Gasteiger partial charge is 0.266 e. The zero-order chi connectivity index (χ0) is 25.4. The van der Waals surface area contributed by atoms with Gasteiger partial charge in [0.25, 0.3) is 11.8 Å². The fourth-order valence-electron chi connectivity index (χ4n) is 3.12. The van der Waals surface area contributed by atoms with Gasteiger partial charge < -0.3 is 20.1 Å². The van der Waals surface area contributed by atoms with Gasteiger partial charge in [0, 0.05) is 5.69 Å². The summed E-state index contributed by atoms with van der Waals surface area (Å²) >= 11 is 6.07. The van der Waals surface area contributed by atoms with Crippen LogP contribution in [0.25, 0.3) is 6.08 Å². The van der Waals surface area contributed by atoms with E-state index in [1.165, 1.54) is 13.2 Å². The molecule has 8 heteroatoms. The number of ether oxygens (including phenoxy) is 2. The minimum absolute atomic E-state index is 0.117. The molecule has 0 aliphatic rings. The van der Waals surface area contributed by atoms with Gasteiger partial charge in [-0.25, -0.2) is 0 Å². The normalized spacial score (nSPS) is 10.8. The van der Waals surface area contributed by atoms with Crippen molar-refractivity contribution in [2.75, 3.05) is 24.4 Å².